The lowest BCUT2D eigenvalue weighted by atomic mass is 10.0. The molecule has 0 heterocycles. The lowest BCUT2D eigenvalue weighted by molar-refractivity contribution is -0.210. The maximum absolute atomic E-state index is 10.4. The van der Waals surface area contributed by atoms with Crippen molar-refractivity contribution in [2.24, 2.45) is 0 Å². The SMILES string of the molecule is CC(=O)OOc1ccc(C(C)C)cc1. The number of carbonyl (C=O) groups is 1. The Hall–Kier alpha value is -1.51. The predicted molar refractivity (Wildman–Crippen MR) is 52.9 cm³/mol. The summed E-state index contributed by atoms with van der Waals surface area (Å²) in [6.45, 7) is 5.52. The van der Waals surface area contributed by atoms with Crippen LogP contribution in [-0.2, 0) is 9.68 Å². The van der Waals surface area contributed by atoms with Gasteiger partial charge in [-0.05, 0) is 23.6 Å². The number of hydrogen-bond donors (Lipinski definition) is 0. The van der Waals surface area contributed by atoms with Crippen molar-refractivity contribution in [3.8, 4) is 5.75 Å². The second-order valence-electron chi connectivity index (χ2n) is 3.38. The molecule has 76 valence electrons. The van der Waals surface area contributed by atoms with Crippen LogP contribution in [0, 0.1) is 0 Å². The molecule has 0 radical (unpaired) electrons. The van der Waals surface area contributed by atoms with Crippen LogP contribution in [0.25, 0.3) is 0 Å². The Balaban J connectivity index is 2.59. The zero-order valence-corrected chi connectivity index (χ0v) is 8.61. The van der Waals surface area contributed by atoms with Gasteiger partial charge < -0.3 is 0 Å². The van der Waals surface area contributed by atoms with E-state index in [0.29, 0.717) is 11.7 Å². The molecular weight excluding hydrogens is 180 g/mol. The van der Waals surface area contributed by atoms with Gasteiger partial charge in [0.1, 0.15) is 0 Å². The highest BCUT2D eigenvalue weighted by molar-refractivity contribution is 5.65. The van der Waals surface area contributed by atoms with Crippen LogP contribution in [0.2, 0.25) is 0 Å². The molecule has 0 spiro atoms. The molecule has 1 aromatic carbocycles. The van der Waals surface area contributed by atoms with Crippen LogP contribution in [0.3, 0.4) is 0 Å². The average molecular weight is 194 g/mol. The van der Waals surface area contributed by atoms with Gasteiger partial charge in [0.05, 0.1) is 0 Å². The molecule has 0 N–H and O–H groups in total. The Kier molecular flexibility index (Phi) is 3.51. The smallest absolute Gasteiger partial charge is 0.287 e. The van der Waals surface area contributed by atoms with E-state index in [0.717, 1.165) is 0 Å². The molecule has 3 nitrogen and oxygen atoms in total. The minimum atomic E-state index is -0.460. The maximum atomic E-state index is 10.4. The van der Waals surface area contributed by atoms with E-state index >= 15 is 0 Å². The molecule has 0 saturated heterocycles. The largest absolute Gasteiger partial charge is 0.352 e. The summed E-state index contributed by atoms with van der Waals surface area (Å²) in [7, 11) is 0. The fourth-order valence-corrected chi connectivity index (χ4v) is 1.02. The Morgan fingerprint density at radius 2 is 1.79 bits per heavy atom. The van der Waals surface area contributed by atoms with Gasteiger partial charge in [-0.3, -0.25) is 9.78 Å². The molecule has 0 aliphatic carbocycles. The van der Waals surface area contributed by atoms with Gasteiger partial charge in [-0.15, -0.1) is 0 Å². The molecule has 0 atom stereocenters. The van der Waals surface area contributed by atoms with E-state index < -0.39 is 5.97 Å². The predicted octanol–water partition coefficient (Wildman–Crippen LogP) is 2.67. The van der Waals surface area contributed by atoms with Crippen molar-refractivity contribution in [2.75, 3.05) is 0 Å². The van der Waals surface area contributed by atoms with Gasteiger partial charge in [0.2, 0.25) is 0 Å². The molecular formula is C11H14O3. The van der Waals surface area contributed by atoms with Crippen LogP contribution >= 0.6 is 0 Å². The second-order valence-corrected chi connectivity index (χ2v) is 3.38. The third-order valence-corrected chi connectivity index (χ3v) is 1.80. The molecule has 0 aliphatic rings. The van der Waals surface area contributed by atoms with Crippen molar-refractivity contribution < 1.29 is 14.6 Å². The molecule has 0 saturated carbocycles. The molecule has 0 bridgehead atoms. The molecule has 1 rings (SSSR count). The number of rotatable bonds is 3. The first-order chi connectivity index (χ1) is 6.59. The zero-order chi connectivity index (χ0) is 10.6. The number of carbonyl (C=O) groups excluding carboxylic acids is 1. The van der Waals surface area contributed by atoms with Crippen LogP contribution in [0.1, 0.15) is 32.3 Å². The van der Waals surface area contributed by atoms with E-state index in [2.05, 4.69) is 18.7 Å². The van der Waals surface area contributed by atoms with E-state index in [1.54, 1.807) is 12.1 Å². The highest BCUT2D eigenvalue weighted by Crippen LogP contribution is 2.18. The summed E-state index contributed by atoms with van der Waals surface area (Å²) in [5.74, 6) is 0.556. The summed E-state index contributed by atoms with van der Waals surface area (Å²) in [4.78, 5) is 19.6. The molecule has 0 unspecified atom stereocenters. The van der Waals surface area contributed by atoms with Crippen molar-refractivity contribution in [2.45, 2.75) is 26.7 Å². The minimum absolute atomic E-state index is 0.460. The molecule has 0 fully saturated rings. The van der Waals surface area contributed by atoms with Crippen LogP contribution in [0.4, 0.5) is 0 Å². The summed E-state index contributed by atoms with van der Waals surface area (Å²) in [5, 5.41) is 0. The molecule has 3 heteroatoms. The maximum Gasteiger partial charge on any atom is 0.352 e. The minimum Gasteiger partial charge on any atom is -0.287 e. The summed E-state index contributed by atoms with van der Waals surface area (Å²) in [5.41, 5.74) is 1.22. The van der Waals surface area contributed by atoms with Gasteiger partial charge in [0, 0.05) is 6.92 Å². The van der Waals surface area contributed by atoms with Crippen LogP contribution in [0.15, 0.2) is 24.3 Å². The third kappa shape index (κ3) is 3.09. The highest BCUT2D eigenvalue weighted by Gasteiger charge is 2.01. The fourth-order valence-electron chi connectivity index (χ4n) is 1.02. The molecule has 0 aromatic heterocycles. The van der Waals surface area contributed by atoms with Crippen molar-refractivity contribution in [3.63, 3.8) is 0 Å². The quantitative estimate of drug-likeness (QED) is 0.548. The lowest BCUT2D eigenvalue weighted by Crippen LogP contribution is -2.02. The normalized spacial score (nSPS) is 10.0. The highest BCUT2D eigenvalue weighted by atomic mass is 17.2. The van der Waals surface area contributed by atoms with Crippen molar-refractivity contribution in [3.05, 3.63) is 29.8 Å². The first-order valence-corrected chi connectivity index (χ1v) is 4.54. The van der Waals surface area contributed by atoms with E-state index in [-0.39, 0.29) is 0 Å². The van der Waals surface area contributed by atoms with Gasteiger partial charge in [-0.25, -0.2) is 4.79 Å². The monoisotopic (exact) mass is 194 g/mol. The number of hydrogen-bond acceptors (Lipinski definition) is 3. The van der Waals surface area contributed by atoms with Gasteiger partial charge in [-0.1, -0.05) is 26.0 Å². The third-order valence-electron chi connectivity index (χ3n) is 1.80. The van der Waals surface area contributed by atoms with Gasteiger partial charge >= 0.3 is 5.97 Å². The topological polar surface area (TPSA) is 35.5 Å². The lowest BCUT2D eigenvalue weighted by Gasteiger charge is -2.06. The second kappa shape index (κ2) is 4.65. The molecule has 0 amide bonds. The summed E-state index contributed by atoms with van der Waals surface area (Å²) in [6.07, 6.45) is 0. The first-order valence-electron chi connectivity index (χ1n) is 4.54. The Labute approximate surface area is 83.6 Å². The van der Waals surface area contributed by atoms with E-state index in [9.17, 15) is 4.79 Å². The van der Waals surface area contributed by atoms with Crippen LogP contribution < -0.4 is 4.89 Å². The van der Waals surface area contributed by atoms with Gasteiger partial charge in [-0.2, -0.15) is 0 Å². The van der Waals surface area contributed by atoms with E-state index in [4.69, 9.17) is 4.89 Å². The van der Waals surface area contributed by atoms with Crippen LogP contribution in [0.5, 0.6) is 5.75 Å². The Morgan fingerprint density at radius 1 is 1.21 bits per heavy atom. The van der Waals surface area contributed by atoms with Crippen molar-refractivity contribution in [1.29, 1.82) is 0 Å². The van der Waals surface area contributed by atoms with Gasteiger partial charge in [0.25, 0.3) is 0 Å². The van der Waals surface area contributed by atoms with Crippen molar-refractivity contribution >= 4 is 5.97 Å². The Bertz CT molecular complexity index is 301. The molecule has 1 aromatic rings. The average Bonchev–Trinajstić information content (AvgIpc) is 2.15. The molecule has 0 aliphatic heterocycles. The number of benzene rings is 1. The van der Waals surface area contributed by atoms with Gasteiger partial charge in [0.15, 0.2) is 5.75 Å². The standard InChI is InChI=1S/C11H14O3/c1-8(2)10-4-6-11(7-5-10)14-13-9(3)12/h4-8H,1-3H3. The zero-order valence-electron chi connectivity index (χ0n) is 8.61. The molecule has 14 heavy (non-hydrogen) atoms. The summed E-state index contributed by atoms with van der Waals surface area (Å²) in [6, 6.07) is 7.45. The Morgan fingerprint density at radius 3 is 2.21 bits per heavy atom. The fraction of sp³-hybridized carbons (Fsp3) is 0.364. The van der Waals surface area contributed by atoms with Crippen molar-refractivity contribution in [1.82, 2.24) is 0 Å². The van der Waals surface area contributed by atoms with Crippen LogP contribution in [-0.4, -0.2) is 5.97 Å². The van der Waals surface area contributed by atoms with E-state index in [1.807, 2.05) is 12.1 Å². The first kappa shape index (κ1) is 10.6. The summed E-state index contributed by atoms with van der Waals surface area (Å²) >= 11 is 0. The summed E-state index contributed by atoms with van der Waals surface area (Å²) < 4.78 is 0. The van der Waals surface area contributed by atoms with E-state index in [1.165, 1.54) is 12.5 Å².